The first-order valence-corrected chi connectivity index (χ1v) is 6.87. The van der Waals surface area contributed by atoms with Gasteiger partial charge in [0.05, 0.1) is 18.8 Å². The number of ether oxygens (including phenoxy) is 1. The summed E-state index contributed by atoms with van der Waals surface area (Å²) in [6.45, 7) is 1.92. The summed E-state index contributed by atoms with van der Waals surface area (Å²) >= 11 is 0. The highest BCUT2D eigenvalue weighted by Crippen LogP contribution is 2.30. The molecular formula is C17H19FN2O2. The first-order chi connectivity index (χ1) is 10.4. The number of aryl methyl sites for hydroxylation is 1. The van der Waals surface area contributed by atoms with Crippen LogP contribution in [0.3, 0.4) is 0 Å². The lowest BCUT2D eigenvalue weighted by Crippen LogP contribution is -2.28. The highest BCUT2D eigenvalue weighted by molar-refractivity contribution is 5.88. The molecule has 4 nitrogen and oxygen atoms in total. The van der Waals surface area contributed by atoms with E-state index in [9.17, 15) is 9.18 Å². The number of hydrogen-bond donors (Lipinski definition) is 1. The Kier molecular flexibility index (Phi) is 4.78. The summed E-state index contributed by atoms with van der Waals surface area (Å²) < 4.78 is 18.2. The van der Waals surface area contributed by atoms with Gasteiger partial charge in [0, 0.05) is 7.05 Å². The Hall–Kier alpha value is -2.40. The van der Waals surface area contributed by atoms with Crippen LogP contribution >= 0.6 is 0 Å². The van der Waals surface area contributed by atoms with Crippen LogP contribution in [0.4, 0.5) is 14.9 Å². The van der Waals surface area contributed by atoms with Gasteiger partial charge in [-0.3, -0.25) is 4.90 Å². The van der Waals surface area contributed by atoms with Gasteiger partial charge in [0.2, 0.25) is 0 Å². The molecule has 0 heterocycles. The SMILES string of the molecule is COC(=O)N(C)c1cc(C)ccc1C(N)c1cccc(F)c1. The van der Waals surface area contributed by atoms with Crippen LogP contribution in [0, 0.1) is 12.7 Å². The molecule has 1 amide bonds. The maximum Gasteiger partial charge on any atom is 0.413 e. The lowest BCUT2D eigenvalue weighted by molar-refractivity contribution is 0.180. The highest BCUT2D eigenvalue weighted by Gasteiger charge is 2.20. The first-order valence-electron chi connectivity index (χ1n) is 6.87. The van der Waals surface area contributed by atoms with Gasteiger partial charge in [0.1, 0.15) is 5.82 Å². The van der Waals surface area contributed by atoms with Crippen molar-refractivity contribution >= 4 is 11.8 Å². The summed E-state index contributed by atoms with van der Waals surface area (Å²) in [5, 5.41) is 0. The number of hydrogen-bond acceptors (Lipinski definition) is 3. The smallest absolute Gasteiger partial charge is 0.413 e. The molecule has 0 saturated heterocycles. The topological polar surface area (TPSA) is 55.6 Å². The number of methoxy groups -OCH3 is 1. The number of halogens is 1. The Morgan fingerprint density at radius 1 is 1.27 bits per heavy atom. The fourth-order valence-electron chi connectivity index (χ4n) is 2.32. The van der Waals surface area contributed by atoms with Crippen LogP contribution in [0.15, 0.2) is 42.5 Å². The van der Waals surface area contributed by atoms with Gasteiger partial charge in [-0.15, -0.1) is 0 Å². The third kappa shape index (κ3) is 3.26. The van der Waals surface area contributed by atoms with Crippen molar-refractivity contribution in [3.05, 3.63) is 65.0 Å². The number of nitrogens with two attached hydrogens (primary N) is 1. The van der Waals surface area contributed by atoms with Crippen LogP contribution < -0.4 is 10.6 Å². The van der Waals surface area contributed by atoms with Crippen LogP contribution in [0.2, 0.25) is 0 Å². The second-order valence-corrected chi connectivity index (χ2v) is 5.12. The van der Waals surface area contributed by atoms with E-state index in [0.29, 0.717) is 11.3 Å². The molecule has 116 valence electrons. The van der Waals surface area contributed by atoms with Gasteiger partial charge in [0.15, 0.2) is 0 Å². The molecule has 0 aliphatic carbocycles. The monoisotopic (exact) mass is 302 g/mol. The number of rotatable bonds is 3. The summed E-state index contributed by atoms with van der Waals surface area (Å²) in [6, 6.07) is 11.2. The minimum atomic E-state index is -0.543. The van der Waals surface area contributed by atoms with Crippen LogP contribution in [-0.2, 0) is 4.74 Å². The number of carbonyl (C=O) groups is 1. The Balaban J connectivity index is 2.48. The average molecular weight is 302 g/mol. The standard InChI is InChI=1S/C17H19FN2O2/c1-11-7-8-14(15(9-11)20(2)17(21)22-3)16(19)12-5-4-6-13(18)10-12/h4-10,16H,19H2,1-3H3. The third-order valence-electron chi connectivity index (χ3n) is 3.54. The molecule has 2 rings (SSSR count). The van der Waals surface area contributed by atoms with Gasteiger partial charge in [-0.1, -0.05) is 24.3 Å². The third-order valence-corrected chi connectivity index (χ3v) is 3.54. The van der Waals surface area contributed by atoms with E-state index in [2.05, 4.69) is 0 Å². The van der Waals surface area contributed by atoms with Crippen molar-refractivity contribution in [3.63, 3.8) is 0 Å². The molecule has 0 aromatic heterocycles. The van der Waals surface area contributed by atoms with E-state index in [-0.39, 0.29) is 5.82 Å². The summed E-state index contributed by atoms with van der Waals surface area (Å²) in [7, 11) is 2.93. The number of benzene rings is 2. The van der Waals surface area contributed by atoms with Crippen LogP contribution in [-0.4, -0.2) is 20.3 Å². The van der Waals surface area contributed by atoms with Crippen molar-refractivity contribution in [2.45, 2.75) is 13.0 Å². The summed E-state index contributed by atoms with van der Waals surface area (Å²) in [5.74, 6) is -0.345. The van der Waals surface area contributed by atoms with E-state index in [1.54, 1.807) is 19.2 Å². The Labute approximate surface area is 129 Å². The quantitative estimate of drug-likeness (QED) is 0.945. The largest absolute Gasteiger partial charge is 0.452 e. The fourth-order valence-corrected chi connectivity index (χ4v) is 2.32. The molecule has 2 aromatic carbocycles. The molecule has 22 heavy (non-hydrogen) atoms. The van der Waals surface area contributed by atoms with Gasteiger partial charge < -0.3 is 10.5 Å². The maximum absolute atomic E-state index is 13.4. The number of nitrogens with zero attached hydrogens (tertiary/aromatic N) is 1. The van der Waals surface area contributed by atoms with Gasteiger partial charge >= 0.3 is 6.09 Å². The number of anilines is 1. The second-order valence-electron chi connectivity index (χ2n) is 5.12. The molecule has 0 aliphatic rings. The normalized spacial score (nSPS) is 11.9. The molecule has 0 aliphatic heterocycles. The second kappa shape index (κ2) is 6.58. The van der Waals surface area contributed by atoms with Crippen molar-refractivity contribution in [2.75, 3.05) is 19.1 Å². The van der Waals surface area contributed by atoms with E-state index in [1.807, 2.05) is 25.1 Å². The van der Waals surface area contributed by atoms with Crippen molar-refractivity contribution < 1.29 is 13.9 Å². The van der Waals surface area contributed by atoms with Gasteiger partial charge in [-0.05, 0) is 41.8 Å². The van der Waals surface area contributed by atoms with Crippen LogP contribution in [0.5, 0.6) is 0 Å². The highest BCUT2D eigenvalue weighted by atomic mass is 19.1. The summed E-state index contributed by atoms with van der Waals surface area (Å²) in [4.78, 5) is 13.2. The molecule has 0 spiro atoms. The van der Waals surface area contributed by atoms with E-state index in [4.69, 9.17) is 10.5 Å². The Morgan fingerprint density at radius 3 is 2.64 bits per heavy atom. The van der Waals surface area contributed by atoms with Crippen molar-refractivity contribution in [2.24, 2.45) is 5.73 Å². The predicted octanol–water partition coefficient (Wildman–Crippen LogP) is 3.38. The Bertz CT molecular complexity index is 688. The average Bonchev–Trinajstić information content (AvgIpc) is 2.52. The molecule has 0 fully saturated rings. The molecule has 2 N–H and O–H groups in total. The number of carbonyl (C=O) groups excluding carboxylic acids is 1. The zero-order valence-corrected chi connectivity index (χ0v) is 12.8. The van der Waals surface area contributed by atoms with Gasteiger partial charge in [0.25, 0.3) is 0 Å². The Morgan fingerprint density at radius 2 is 2.00 bits per heavy atom. The van der Waals surface area contributed by atoms with Crippen molar-refractivity contribution in [1.29, 1.82) is 0 Å². The lowest BCUT2D eigenvalue weighted by Gasteiger charge is -2.23. The molecule has 0 radical (unpaired) electrons. The zero-order chi connectivity index (χ0) is 16.3. The molecule has 1 atom stereocenters. The molecule has 0 saturated carbocycles. The van der Waals surface area contributed by atoms with Crippen molar-refractivity contribution in [1.82, 2.24) is 0 Å². The predicted molar refractivity (Wildman–Crippen MR) is 84.4 cm³/mol. The number of amides is 1. The lowest BCUT2D eigenvalue weighted by atomic mass is 9.96. The van der Waals surface area contributed by atoms with Gasteiger partial charge in [-0.2, -0.15) is 0 Å². The van der Waals surface area contributed by atoms with Crippen LogP contribution in [0.1, 0.15) is 22.7 Å². The zero-order valence-electron chi connectivity index (χ0n) is 12.8. The van der Waals surface area contributed by atoms with E-state index in [0.717, 1.165) is 11.1 Å². The molecule has 2 aromatic rings. The molecular weight excluding hydrogens is 283 g/mol. The fraction of sp³-hybridized carbons (Fsp3) is 0.235. The first kappa shape index (κ1) is 16.0. The van der Waals surface area contributed by atoms with E-state index >= 15 is 0 Å². The molecule has 1 unspecified atom stereocenters. The molecule has 0 bridgehead atoms. The van der Waals surface area contributed by atoms with E-state index < -0.39 is 12.1 Å². The summed E-state index contributed by atoms with van der Waals surface area (Å²) in [6.07, 6.45) is -0.488. The van der Waals surface area contributed by atoms with Crippen molar-refractivity contribution in [3.8, 4) is 0 Å². The van der Waals surface area contributed by atoms with Crippen LogP contribution in [0.25, 0.3) is 0 Å². The van der Waals surface area contributed by atoms with E-state index in [1.165, 1.54) is 24.1 Å². The minimum Gasteiger partial charge on any atom is -0.452 e. The van der Waals surface area contributed by atoms with Gasteiger partial charge in [-0.25, -0.2) is 9.18 Å². The summed E-state index contributed by atoms with van der Waals surface area (Å²) in [5.41, 5.74) is 9.27. The maximum atomic E-state index is 13.4. The minimum absolute atomic E-state index is 0.345. The molecule has 5 heteroatoms.